The summed E-state index contributed by atoms with van der Waals surface area (Å²) in [5.41, 5.74) is 1.02. The number of epoxide rings is 1. The van der Waals surface area contributed by atoms with Gasteiger partial charge in [-0.25, -0.2) is 0 Å². The predicted octanol–water partition coefficient (Wildman–Crippen LogP) is -0.882. The minimum absolute atomic E-state index is 0.318. The minimum Gasteiger partial charge on any atom is -0.480 e. The molecule has 0 saturated carbocycles. The lowest BCUT2D eigenvalue weighted by molar-refractivity contribution is -0.129. The van der Waals surface area contributed by atoms with Gasteiger partial charge in [-0.1, -0.05) is 0 Å². The van der Waals surface area contributed by atoms with Crippen LogP contribution in [0.2, 0.25) is 0 Å². The van der Waals surface area contributed by atoms with Gasteiger partial charge < -0.3 is 24.8 Å². The highest BCUT2D eigenvalue weighted by molar-refractivity contribution is 5.23. The Bertz CT molecular complexity index is 270. The molecule has 0 bridgehead atoms. The van der Waals surface area contributed by atoms with E-state index in [0.29, 0.717) is 0 Å². The number of allylic oxidation sites excluding steroid dienone is 1. The second kappa shape index (κ2) is 3.20. The van der Waals surface area contributed by atoms with E-state index < -0.39 is 24.6 Å². The molecule has 0 aromatic rings. The predicted molar refractivity (Wildman–Crippen MR) is 46.1 cm³/mol. The second-order valence-electron chi connectivity index (χ2n) is 3.88. The highest BCUT2D eigenvalue weighted by Gasteiger charge is 2.54. The Balaban J connectivity index is 2.05. The first-order valence-corrected chi connectivity index (χ1v) is 4.56. The fraction of sp³-hybridized carbons (Fsp3) is 0.778. The van der Waals surface area contributed by atoms with Crippen molar-refractivity contribution in [2.24, 2.45) is 0 Å². The lowest BCUT2D eigenvalue weighted by atomic mass is 10.1. The fourth-order valence-corrected chi connectivity index (χ4v) is 1.66. The third-order valence-corrected chi connectivity index (χ3v) is 2.52. The molecule has 5 atom stereocenters. The van der Waals surface area contributed by atoms with E-state index in [4.69, 9.17) is 14.6 Å². The maximum Gasteiger partial charge on any atom is 0.184 e. The molecule has 80 valence electrons. The largest absolute Gasteiger partial charge is 0.480 e. The van der Waals surface area contributed by atoms with Gasteiger partial charge >= 0.3 is 0 Å². The van der Waals surface area contributed by atoms with Crippen molar-refractivity contribution in [2.75, 3.05) is 0 Å². The topological polar surface area (TPSA) is 82.5 Å². The molecule has 5 heteroatoms. The highest BCUT2D eigenvalue weighted by atomic mass is 16.7. The van der Waals surface area contributed by atoms with Gasteiger partial charge in [0.15, 0.2) is 12.4 Å². The van der Waals surface area contributed by atoms with Crippen molar-refractivity contribution in [1.29, 1.82) is 0 Å². The van der Waals surface area contributed by atoms with Gasteiger partial charge in [0, 0.05) is 0 Å². The standard InChI is InChI=1S/C9H14O5/c1-3(2)6-8(13-6)7-4(10)5(11)9(12)14-7/h4-5,7-12H,1-2H3/t4-,5-,7+,8-,9?/m1/s1. The second-order valence-corrected chi connectivity index (χ2v) is 3.88. The van der Waals surface area contributed by atoms with Crippen molar-refractivity contribution in [3.63, 3.8) is 0 Å². The van der Waals surface area contributed by atoms with Gasteiger partial charge in [0.2, 0.25) is 0 Å². The molecule has 2 fully saturated rings. The van der Waals surface area contributed by atoms with Gasteiger partial charge in [-0.15, -0.1) is 0 Å². The average molecular weight is 202 g/mol. The first-order valence-electron chi connectivity index (χ1n) is 4.56. The van der Waals surface area contributed by atoms with Crippen molar-refractivity contribution in [2.45, 2.75) is 44.6 Å². The molecule has 5 nitrogen and oxygen atoms in total. The van der Waals surface area contributed by atoms with E-state index in [9.17, 15) is 10.2 Å². The van der Waals surface area contributed by atoms with Crippen LogP contribution in [0.15, 0.2) is 11.3 Å². The summed E-state index contributed by atoms with van der Waals surface area (Å²) in [6.45, 7) is 3.78. The molecule has 0 aromatic heterocycles. The molecular weight excluding hydrogens is 188 g/mol. The van der Waals surface area contributed by atoms with Crippen molar-refractivity contribution < 1.29 is 24.8 Å². The number of hydrogen-bond acceptors (Lipinski definition) is 5. The van der Waals surface area contributed by atoms with Gasteiger partial charge in [0.25, 0.3) is 0 Å². The fourth-order valence-electron chi connectivity index (χ4n) is 1.66. The SMILES string of the molecule is CC(C)=C1O[C@H]1[C@H]1OC(O)[C@H](O)[C@H]1O. The van der Waals surface area contributed by atoms with Gasteiger partial charge in [0.1, 0.15) is 24.1 Å². The first kappa shape index (κ1) is 9.92. The Morgan fingerprint density at radius 3 is 2.14 bits per heavy atom. The van der Waals surface area contributed by atoms with Crippen LogP contribution in [0.1, 0.15) is 13.8 Å². The van der Waals surface area contributed by atoms with Crippen molar-refractivity contribution >= 4 is 0 Å². The molecule has 2 rings (SSSR count). The molecule has 0 aliphatic carbocycles. The number of aliphatic hydroxyl groups excluding tert-OH is 3. The summed E-state index contributed by atoms with van der Waals surface area (Å²) in [6.07, 6.45) is -4.64. The Morgan fingerprint density at radius 2 is 1.79 bits per heavy atom. The molecule has 1 unspecified atom stereocenters. The molecule has 2 aliphatic heterocycles. The van der Waals surface area contributed by atoms with E-state index in [1.807, 2.05) is 13.8 Å². The average Bonchev–Trinajstić information content (AvgIpc) is 2.86. The van der Waals surface area contributed by atoms with Crippen molar-refractivity contribution in [3.05, 3.63) is 11.3 Å². The van der Waals surface area contributed by atoms with E-state index in [2.05, 4.69) is 0 Å². The molecule has 2 saturated heterocycles. The smallest absolute Gasteiger partial charge is 0.184 e. The monoisotopic (exact) mass is 202 g/mol. The van der Waals surface area contributed by atoms with Crippen LogP contribution in [0.5, 0.6) is 0 Å². The van der Waals surface area contributed by atoms with Crippen LogP contribution in [0.3, 0.4) is 0 Å². The van der Waals surface area contributed by atoms with Crippen LogP contribution in [0, 0.1) is 0 Å². The van der Waals surface area contributed by atoms with Crippen LogP contribution in [0.4, 0.5) is 0 Å². The van der Waals surface area contributed by atoms with Crippen LogP contribution in [0.25, 0.3) is 0 Å². The number of rotatable bonds is 1. The lowest BCUT2D eigenvalue weighted by Crippen LogP contribution is -2.34. The zero-order valence-electron chi connectivity index (χ0n) is 8.04. The number of hydrogen-bond donors (Lipinski definition) is 3. The number of ether oxygens (including phenoxy) is 2. The summed E-state index contributed by atoms with van der Waals surface area (Å²) in [7, 11) is 0. The Kier molecular flexibility index (Phi) is 2.27. The van der Waals surface area contributed by atoms with E-state index in [0.717, 1.165) is 11.3 Å². The van der Waals surface area contributed by atoms with E-state index in [1.54, 1.807) is 0 Å². The summed E-state index contributed by atoms with van der Waals surface area (Å²) in [6, 6.07) is 0. The van der Waals surface area contributed by atoms with Crippen LogP contribution in [-0.4, -0.2) is 46.0 Å². The maximum absolute atomic E-state index is 9.50. The molecule has 3 N–H and O–H groups in total. The molecule has 0 spiro atoms. The summed E-state index contributed by atoms with van der Waals surface area (Å²) in [4.78, 5) is 0. The Labute approximate surface area is 81.6 Å². The third kappa shape index (κ3) is 1.42. The summed E-state index contributed by atoms with van der Waals surface area (Å²) in [5, 5.41) is 27.9. The van der Waals surface area contributed by atoms with Crippen molar-refractivity contribution in [1.82, 2.24) is 0 Å². The molecule has 14 heavy (non-hydrogen) atoms. The lowest BCUT2D eigenvalue weighted by Gasteiger charge is -2.09. The van der Waals surface area contributed by atoms with E-state index >= 15 is 0 Å². The highest BCUT2D eigenvalue weighted by Crippen LogP contribution is 2.39. The summed E-state index contributed by atoms with van der Waals surface area (Å²) >= 11 is 0. The van der Waals surface area contributed by atoms with Gasteiger partial charge in [-0.3, -0.25) is 0 Å². The Hall–Kier alpha value is -0.620. The molecule has 0 aromatic carbocycles. The summed E-state index contributed by atoms with van der Waals surface area (Å²) in [5.74, 6) is 0.773. The molecule has 2 heterocycles. The normalized spacial score (nSPS) is 46.4. The molecule has 0 radical (unpaired) electrons. The zero-order valence-corrected chi connectivity index (χ0v) is 8.04. The first-order chi connectivity index (χ1) is 6.52. The quantitative estimate of drug-likeness (QED) is 0.481. The van der Waals surface area contributed by atoms with E-state index in [-0.39, 0.29) is 6.10 Å². The van der Waals surface area contributed by atoms with Crippen LogP contribution in [-0.2, 0) is 9.47 Å². The summed E-state index contributed by atoms with van der Waals surface area (Å²) < 4.78 is 10.2. The minimum atomic E-state index is -1.32. The van der Waals surface area contributed by atoms with Crippen LogP contribution < -0.4 is 0 Å². The third-order valence-electron chi connectivity index (χ3n) is 2.52. The zero-order chi connectivity index (χ0) is 10.5. The molecule has 0 amide bonds. The van der Waals surface area contributed by atoms with E-state index in [1.165, 1.54) is 0 Å². The van der Waals surface area contributed by atoms with Crippen LogP contribution >= 0.6 is 0 Å². The van der Waals surface area contributed by atoms with Gasteiger partial charge in [-0.05, 0) is 19.4 Å². The Morgan fingerprint density at radius 1 is 1.14 bits per heavy atom. The molecule has 2 aliphatic rings. The maximum atomic E-state index is 9.50. The van der Waals surface area contributed by atoms with Crippen molar-refractivity contribution in [3.8, 4) is 0 Å². The van der Waals surface area contributed by atoms with Gasteiger partial charge in [0.05, 0.1) is 0 Å². The number of aliphatic hydroxyl groups is 3. The molecular formula is C9H14O5. The van der Waals surface area contributed by atoms with Gasteiger partial charge in [-0.2, -0.15) is 0 Å².